The second-order valence-corrected chi connectivity index (χ2v) is 14.2. The van der Waals surface area contributed by atoms with Gasteiger partial charge in [-0.2, -0.15) is 4.31 Å². The van der Waals surface area contributed by atoms with E-state index < -0.39 is 10.0 Å². The van der Waals surface area contributed by atoms with Crippen LogP contribution in [0.15, 0.2) is 36.7 Å². The third-order valence-corrected chi connectivity index (χ3v) is 11.2. The van der Waals surface area contributed by atoms with Crippen LogP contribution in [0.1, 0.15) is 74.5 Å². The fourth-order valence-corrected chi connectivity index (χ4v) is 7.96. The highest BCUT2D eigenvalue weighted by molar-refractivity contribution is 7.89. The van der Waals surface area contributed by atoms with Gasteiger partial charge in [0.1, 0.15) is 11.4 Å². The van der Waals surface area contributed by atoms with E-state index in [9.17, 15) is 13.2 Å². The van der Waals surface area contributed by atoms with Crippen molar-refractivity contribution in [2.45, 2.75) is 69.8 Å². The number of nitrogens with zero attached hydrogens (tertiary/aromatic N) is 4. The number of methoxy groups -OCH3 is 1. The Morgan fingerprint density at radius 1 is 1.12 bits per heavy atom. The maximum atomic E-state index is 12.7. The van der Waals surface area contributed by atoms with E-state index in [1.165, 1.54) is 41.0 Å². The molecule has 2 fully saturated rings. The molecule has 9 nitrogen and oxygen atoms in total. The van der Waals surface area contributed by atoms with E-state index in [2.05, 4.69) is 44.7 Å². The lowest BCUT2D eigenvalue weighted by molar-refractivity contribution is -0.140. The summed E-state index contributed by atoms with van der Waals surface area (Å²) in [5, 5.41) is 0. The summed E-state index contributed by atoms with van der Waals surface area (Å²) < 4.78 is 38.2. The number of fused-ring (bicyclic) bond motifs is 1. The van der Waals surface area contributed by atoms with Crippen molar-refractivity contribution in [1.82, 2.24) is 14.3 Å². The number of carbonyl (C=O) groups excluding carboxylic acids is 1. The zero-order valence-electron chi connectivity index (χ0n) is 24.0. The first-order valence-corrected chi connectivity index (χ1v) is 16.5. The van der Waals surface area contributed by atoms with E-state index in [1.807, 2.05) is 18.5 Å². The first-order valence-electron chi connectivity index (χ1n) is 14.9. The highest BCUT2D eigenvalue weighted by Crippen LogP contribution is 2.44. The van der Waals surface area contributed by atoms with Gasteiger partial charge in [0, 0.05) is 57.3 Å². The van der Waals surface area contributed by atoms with E-state index in [4.69, 9.17) is 4.74 Å². The van der Waals surface area contributed by atoms with E-state index in [1.54, 1.807) is 0 Å². The Labute approximate surface area is 243 Å². The third kappa shape index (κ3) is 6.14. The highest BCUT2D eigenvalue weighted by Gasteiger charge is 2.43. The summed E-state index contributed by atoms with van der Waals surface area (Å²) in [5.41, 5.74) is 4.57. The van der Waals surface area contributed by atoms with Crippen LogP contribution in [-0.4, -0.2) is 73.3 Å². The lowest BCUT2D eigenvalue weighted by Crippen LogP contribution is -2.46. The number of piperidine rings is 1. The molecule has 2 aromatic rings. The minimum Gasteiger partial charge on any atom is -0.487 e. The third-order valence-electron chi connectivity index (χ3n) is 9.24. The van der Waals surface area contributed by atoms with Crippen LogP contribution in [0.2, 0.25) is 0 Å². The van der Waals surface area contributed by atoms with Crippen molar-refractivity contribution in [2.24, 2.45) is 5.92 Å². The van der Waals surface area contributed by atoms with Crippen molar-refractivity contribution >= 4 is 27.5 Å². The predicted molar refractivity (Wildman–Crippen MR) is 157 cm³/mol. The molecule has 0 radical (unpaired) electrons. The minimum absolute atomic E-state index is 0.0430. The first-order chi connectivity index (χ1) is 19.7. The van der Waals surface area contributed by atoms with Crippen LogP contribution in [0.3, 0.4) is 0 Å². The Kier molecular flexibility index (Phi) is 7.80. The summed E-state index contributed by atoms with van der Waals surface area (Å²) in [5.74, 6) is 2.50. The number of esters is 1. The molecule has 6 rings (SSSR count). The molecule has 220 valence electrons. The van der Waals surface area contributed by atoms with Gasteiger partial charge >= 0.3 is 5.97 Å². The second kappa shape index (κ2) is 11.4. The number of carbonyl (C=O) groups is 1. The standard InChI is InChI=1S/C31H40N4O5S/c1-31(27-11-13-34(14-12-27)30-32-20-26(21-33-30)22-5-6-22)19-25-18-24(7-8-28(25)40-31)23-9-15-35(16-10-23)41(37,38)17-3-4-29(36)39-2/h7-9,18,20-22,27H,3-6,10-17,19H2,1-2H3. The molecule has 10 heteroatoms. The molecule has 1 aromatic heterocycles. The molecule has 1 aromatic carbocycles. The van der Waals surface area contributed by atoms with Crippen LogP contribution in [0.5, 0.6) is 5.75 Å². The van der Waals surface area contributed by atoms with Gasteiger partial charge in [0.05, 0.1) is 12.9 Å². The topological polar surface area (TPSA) is 102 Å². The lowest BCUT2D eigenvalue weighted by Gasteiger charge is -2.40. The van der Waals surface area contributed by atoms with Crippen LogP contribution in [-0.2, 0) is 26.0 Å². The van der Waals surface area contributed by atoms with Crippen LogP contribution in [0, 0.1) is 5.92 Å². The van der Waals surface area contributed by atoms with Crippen LogP contribution in [0.4, 0.5) is 5.95 Å². The summed E-state index contributed by atoms with van der Waals surface area (Å²) in [6.07, 6.45) is 12.6. The molecule has 0 bridgehead atoms. The van der Waals surface area contributed by atoms with E-state index in [-0.39, 0.29) is 30.2 Å². The molecule has 0 amide bonds. The second-order valence-electron chi connectivity index (χ2n) is 12.1. The van der Waals surface area contributed by atoms with E-state index in [0.29, 0.717) is 31.3 Å². The first kappa shape index (κ1) is 28.2. The fraction of sp³-hybridized carbons (Fsp3) is 0.581. The smallest absolute Gasteiger partial charge is 0.305 e. The molecule has 0 spiro atoms. The molecule has 1 atom stereocenters. The number of ether oxygens (including phenoxy) is 2. The Hall–Kier alpha value is -2.98. The van der Waals surface area contributed by atoms with Crippen molar-refractivity contribution in [3.8, 4) is 5.75 Å². The molecule has 3 aliphatic heterocycles. The van der Waals surface area contributed by atoms with E-state index in [0.717, 1.165) is 49.6 Å². The SMILES string of the molecule is COC(=O)CCCS(=O)(=O)N1CC=C(c2ccc3c(c2)CC(C)(C2CCN(c4ncc(C5CC5)cn4)CC2)O3)CC1. The average Bonchev–Trinajstić information content (AvgIpc) is 3.78. The van der Waals surface area contributed by atoms with Gasteiger partial charge in [0.15, 0.2) is 0 Å². The largest absolute Gasteiger partial charge is 0.487 e. The van der Waals surface area contributed by atoms with Gasteiger partial charge in [0.2, 0.25) is 16.0 Å². The molecular formula is C31H40N4O5S. The normalized spacial score (nSPS) is 23.6. The summed E-state index contributed by atoms with van der Waals surface area (Å²) in [7, 11) is -2.09. The molecule has 4 aliphatic rings. The van der Waals surface area contributed by atoms with Crippen molar-refractivity contribution in [3.05, 3.63) is 53.4 Å². The number of hydrogen-bond acceptors (Lipinski definition) is 8. The zero-order chi connectivity index (χ0) is 28.6. The molecule has 4 heterocycles. The van der Waals surface area contributed by atoms with Gasteiger partial charge < -0.3 is 14.4 Å². The maximum Gasteiger partial charge on any atom is 0.305 e. The Morgan fingerprint density at radius 2 is 1.88 bits per heavy atom. The molecule has 0 N–H and O–H groups in total. The zero-order valence-corrected chi connectivity index (χ0v) is 24.9. The van der Waals surface area contributed by atoms with Crippen LogP contribution < -0.4 is 9.64 Å². The maximum absolute atomic E-state index is 12.7. The summed E-state index contributed by atoms with van der Waals surface area (Å²) in [6.45, 7) is 4.92. The monoisotopic (exact) mass is 580 g/mol. The lowest BCUT2D eigenvalue weighted by atomic mass is 9.79. The van der Waals surface area contributed by atoms with Crippen molar-refractivity contribution in [1.29, 1.82) is 0 Å². The van der Waals surface area contributed by atoms with Crippen molar-refractivity contribution < 1.29 is 22.7 Å². The average molecular weight is 581 g/mol. The fourth-order valence-electron chi connectivity index (χ4n) is 6.52. The molecule has 1 unspecified atom stereocenters. The van der Waals surface area contributed by atoms with Gasteiger partial charge in [-0.15, -0.1) is 0 Å². The quantitative estimate of drug-likeness (QED) is 0.404. The molecule has 41 heavy (non-hydrogen) atoms. The van der Waals surface area contributed by atoms with Crippen molar-refractivity contribution in [2.75, 3.05) is 43.9 Å². The summed E-state index contributed by atoms with van der Waals surface area (Å²) in [4.78, 5) is 22.9. The summed E-state index contributed by atoms with van der Waals surface area (Å²) in [6, 6.07) is 6.41. The molecule has 1 saturated heterocycles. The Balaban J connectivity index is 1.04. The highest BCUT2D eigenvalue weighted by atomic mass is 32.2. The number of anilines is 1. The molecular weight excluding hydrogens is 540 g/mol. The van der Waals surface area contributed by atoms with Crippen LogP contribution >= 0.6 is 0 Å². The van der Waals surface area contributed by atoms with E-state index >= 15 is 0 Å². The Bertz CT molecular complexity index is 1410. The number of sulfonamides is 1. The van der Waals surface area contributed by atoms with Gasteiger partial charge in [-0.05, 0) is 85.8 Å². The number of rotatable bonds is 9. The van der Waals surface area contributed by atoms with Gasteiger partial charge in [0.25, 0.3) is 0 Å². The van der Waals surface area contributed by atoms with Crippen molar-refractivity contribution in [3.63, 3.8) is 0 Å². The number of benzene rings is 1. The van der Waals surface area contributed by atoms with Crippen LogP contribution in [0.25, 0.3) is 5.57 Å². The molecule has 1 saturated carbocycles. The predicted octanol–water partition coefficient (Wildman–Crippen LogP) is 4.34. The molecule has 1 aliphatic carbocycles. The van der Waals surface area contributed by atoms with Gasteiger partial charge in [-0.25, -0.2) is 18.4 Å². The minimum atomic E-state index is -3.41. The summed E-state index contributed by atoms with van der Waals surface area (Å²) >= 11 is 0. The van der Waals surface area contributed by atoms with Gasteiger partial charge in [-0.3, -0.25) is 4.79 Å². The number of hydrogen-bond donors (Lipinski definition) is 0. The number of aromatic nitrogens is 2. The van der Waals surface area contributed by atoms with Gasteiger partial charge in [-0.1, -0.05) is 12.1 Å². The Morgan fingerprint density at radius 3 is 2.54 bits per heavy atom.